The summed E-state index contributed by atoms with van der Waals surface area (Å²) in [4.78, 5) is 0. The van der Waals surface area contributed by atoms with Crippen LogP contribution in [0.15, 0.2) is 0 Å². The Labute approximate surface area is 97.0 Å². The van der Waals surface area contributed by atoms with Crippen molar-refractivity contribution >= 4 is 23.4 Å². The highest BCUT2D eigenvalue weighted by Gasteiger charge is 2.05. The molecule has 0 heterocycles. The van der Waals surface area contributed by atoms with Crippen LogP contribution in [0.1, 0.15) is 51.9 Å². The van der Waals surface area contributed by atoms with Gasteiger partial charge in [0.15, 0.2) is 0 Å². The summed E-state index contributed by atoms with van der Waals surface area (Å²) in [7, 11) is 0. The van der Waals surface area contributed by atoms with Crippen molar-refractivity contribution in [2.24, 2.45) is 0 Å². The van der Waals surface area contributed by atoms with E-state index < -0.39 is 5.50 Å². The van der Waals surface area contributed by atoms with Crippen LogP contribution in [0.25, 0.3) is 0 Å². The van der Waals surface area contributed by atoms with Gasteiger partial charge in [0, 0.05) is 5.88 Å². The summed E-state index contributed by atoms with van der Waals surface area (Å²) in [5.41, 5.74) is -0.667. The van der Waals surface area contributed by atoms with Crippen molar-refractivity contribution in [2.75, 3.05) is 11.6 Å². The molecule has 0 aliphatic heterocycles. The second-order valence-electron chi connectivity index (χ2n) is 3.53. The molecule has 0 aliphatic rings. The molecule has 0 bridgehead atoms. The van der Waals surface area contributed by atoms with E-state index >= 15 is 0 Å². The van der Waals surface area contributed by atoms with Gasteiger partial charge >= 0.3 is 0 Å². The van der Waals surface area contributed by atoms with Gasteiger partial charge in [0.05, 0.1) is 0 Å². The first-order valence-corrected chi connectivity index (χ1v) is 7.21. The van der Waals surface area contributed by atoms with Crippen molar-refractivity contribution in [1.29, 1.82) is 0 Å². The molecule has 0 radical (unpaired) electrons. The summed E-state index contributed by atoms with van der Waals surface area (Å²) in [6.07, 6.45) is 7.66. The lowest BCUT2D eigenvalue weighted by atomic mass is 10.1. The lowest BCUT2D eigenvalue weighted by molar-refractivity contribution is 0.412. The number of unbranched alkanes of at least 4 members (excludes halogenated alkanes) is 4. The van der Waals surface area contributed by atoms with Crippen molar-refractivity contribution in [1.82, 2.24) is 0 Å². The Morgan fingerprint density at radius 3 is 2.50 bits per heavy atom. The third-order valence-corrected chi connectivity index (χ3v) is 3.50. The Hall–Kier alpha value is 0.570. The van der Waals surface area contributed by atoms with E-state index in [1.807, 2.05) is 0 Å². The average Bonchev–Trinajstić information content (AvgIpc) is 2.18. The van der Waals surface area contributed by atoms with Gasteiger partial charge in [-0.2, -0.15) is 0 Å². The highest BCUT2D eigenvalue weighted by Crippen LogP contribution is 2.20. The number of hydrogen-bond acceptors (Lipinski definition) is 1. The quantitative estimate of drug-likeness (QED) is 0.382. The molecule has 0 nitrogen and oxygen atoms in total. The van der Waals surface area contributed by atoms with Crippen LogP contribution >= 0.6 is 23.4 Å². The van der Waals surface area contributed by atoms with Crippen LogP contribution in [0.2, 0.25) is 0 Å². The maximum Gasteiger partial charge on any atom is 0.145 e. The van der Waals surface area contributed by atoms with Gasteiger partial charge < -0.3 is 0 Å². The summed E-state index contributed by atoms with van der Waals surface area (Å²) in [5.74, 6) is 1.51. The Balaban J connectivity index is 3.06. The molecule has 0 aromatic rings. The largest absolute Gasteiger partial charge is 0.236 e. The van der Waals surface area contributed by atoms with Crippen LogP contribution in [0.3, 0.4) is 0 Å². The smallest absolute Gasteiger partial charge is 0.145 e. The van der Waals surface area contributed by atoms with E-state index in [0.717, 1.165) is 25.0 Å². The molecule has 0 fully saturated rings. The van der Waals surface area contributed by atoms with Crippen molar-refractivity contribution in [3.05, 3.63) is 0 Å². The summed E-state index contributed by atoms with van der Waals surface area (Å²) in [6, 6.07) is 0. The third kappa shape index (κ3) is 10.6. The molecule has 0 spiro atoms. The van der Waals surface area contributed by atoms with Crippen LogP contribution in [0, 0.1) is 0 Å². The van der Waals surface area contributed by atoms with Crippen molar-refractivity contribution in [3.8, 4) is 0 Å². The first kappa shape index (κ1) is 14.6. The first-order chi connectivity index (χ1) is 6.81. The fraction of sp³-hybridized carbons (Fsp3) is 1.00. The van der Waals surface area contributed by atoms with Gasteiger partial charge in [0.1, 0.15) is 5.50 Å². The second kappa shape index (κ2) is 11.6. The zero-order chi connectivity index (χ0) is 10.6. The van der Waals surface area contributed by atoms with E-state index in [1.54, 1.807) is 0 Å². The van der Waals surface area contributed by atoms with Crippen LogP contribution < -0.4 is 0 Å². The van der Waals surface area contributed by atoms with Gasteiger partial charge in [-0.3, -0.25) is 0 Å². The molecule has 0 aromatic heterocycles. The number of thioether (sulfide) groups is 1. The molecule has 0 aliphatic carbocycles. The number of rotatable bonds is 10. The average molecular weight is 241 g/mol. The molecule has 1 atom stereocenters. The SMILES string of the molecule is CCCCCCCC(F)SCCCCl. The van der Waals surface area contributed by atoms with E-state index in [-0.39, 0.29) is 0 Å². The van der Waals surface area contributed by atoms with Gasteiger partial charge in [-0.15, -0.1) is 23.4 Å². The standard InChI is InChI=1S/C11H22ClFS/c1-2-3-4-5-6-8-11(13)14-10-7-9-12/h11H,2-10H2,1H3. The Morgan fingerprint density at radius 1 is 1.14 bits per heavy atom. The summed E-state index contributed by atoms with van der Waals surface area (Å²) >= 11 is 6.92. The van der Waals surface area contributed by atoms with Crippen molar-refractivity contribution in [3.63, 3.8) is 0 Å². The van der Waals surface area contributed by atoms with E-state index in [2.05, 4.69) is 6.92 Å². The predicted octanol–water partition coefficient (Wildman–Crippen LogP) is 5.00. The molecule has 0 rings (SSSR count). The van der Waals surface area contributed by atoms with Crippen molar-refractivity contribution in [2.45, 2.75) is 57.4 Å². The molecule has 0 saturated carbocycles. The molecule has 0 N–H and O–H groups in total. The van der Waals surface area contributed by atoms with Crippen molar-refractivity contribution < 1.29 is 4.39 Å². The summed E-state index contributed by atoms with van der Waals surface area (Å²) < 4.78 is 13.2. The molecular weight excluding hydrogens is 219 g/mol. The second-order valence-corrected chi connectivity index (χ2v) is 5.16. The molecule has 0 amide bonds. The topological polar surface area (TPSA) is 0 Å². The van der Waals surface area contributed by atoms with Gasteiger partial charge in [-0.25, -0.2) is 4.39 Å². The first-order valence-electron chi connectivity index (χ1n) is 5.63. The predicted molar refractivity (Wildman–Crippen MR) is 66.1 cm³/mol. The summed E-state index contributed by atoms with van der Waals surface area (Å²) in [5, 5.41) is 0. The summed E-state index contributed by atoms with van der Waals surface area (Å²) in [6.45, 7) is 2.19. The van der Waals surface area contributed by atoms with E-state index in [4.69, 9.17) is 11.6 Å². The highest BCUT2D eigenvalue weighted by atomic mass is 35.5. The molecule has 1 unspecified atom stereocenters. The van der Waals surface area contributed by atoms with E-state index in [0.29, 0.717) is 5.88 Å². The number of halogens is 2. The number of hydrogen-bond donors (Lipinski definition) is 0. The zero-order valence-electron chi connectivity index (χ0n) is 9.11. The monoisotopic (exact) mass is 240 g/mol. The molecule has 0 saturated heterocycles. The van der Waals surface area contributed by atoms with Gasteiger partial charge in [0.2, 0.25) is 0 Å². The van der Waals surface area contributed by atoms with E-state index in [9.17, 15) is 4.39 Å². The minimum absolute atomic E-state index is 0.649. The van der Waals surface area contributed by atoms with Crippen LogP contribution in [-0.2, 0) is 0 Å². The molecule has 14 heavy (non-hydrogen) atoms. The minimum atomic E-state index is -0.667. The Morgan fingerprint density at radius 2 is 1.86 bits per heavy atom. The van der Waals surface area contributed by atoms with Gasteiger partial charge in [-0.1, -0.05) is 32.6 Å². The fourth-order valence-corrected chi connectivity index (χ4v) is 2.45. The Kier molecular flexibility index (Phi) is 12.1. The highest BCUT2D eigenvalue weighted by molar-refractivity contribution is 7.99. The molecule has 3 heteroatoms. The third-order valence-electron chi connectivity index (χ3n) is 2.11. The van der Waals surface area contributed by atoms with Crippen LogP contribution in [0.4, 0.5) is 4.39 Å². The normalized spacial score (nSPS) is 13.1. The van der Waals surface area contributed by atoms with Crippen LogP contribution in [0.5, 0.6) is 0 Å². The molecule has 0 aromatic carbocycles. The zero-order valence-corrected chi connectivity index (χ0v) is 10.7. The lowest BCUT2D eigenvalue weighted by Gasteiger charge is -2.06. The fourth-order valence-electron chi connectivity index (χ4n) is 1.26. The van der Waals surface area contributed by atoms with Crippen LogP contribution in [-0.4, -0.2) is 17.1 Å². The van der Waals surface area contributed by atoms with Gasteiger partial charge in [0.25, 0.3) is 0 Å². The number of alkyl halides is 2. The van der Waals surface area contributed by atoms with Gasteiger partial charge in [-0.05, 0) is 25.0 Å². The maximum atomic E-state index is 13.2. The Bertz CT molecular complexity index is 111. The minimum Gasteiger partial charge on any atom is -0.236 e. The van der Waals surface area contributed by atoms with E-state index in [1.165, 1.54) is 37.4 Å². The maximum absolute atomic E-state index is 13.2. The molecule has 86 valence electrons. The lowest BCUT2D eigenvalue weighted by Crippen LogP contribution is -1.96. The molecular formula is C11H22ClFS.